The first-order valence-corrected chi connectivity index (χ1v) is 11.6. The van der Waals surface area contributed by atoms with Crippen LogP contribution in [0.5, 0.6) is 0 Å². The summed E-state index contributed by atoms with van der Waals surface area (Å²) in [6.07, 6.45) is 0. The predicted molar refractivity (Wildman–Crippen MR) is 138 cm³/mol. The summed E-state index contributed by atoms with van der Waals surface area (Å²) in [6, 6.07) is 21.7. The molecule has 0 spiro atoms. The Bertz CT molecular complexity index is 1500. The molecule has 0 unspecified atom stereocenters. The lowest BCUT2D eigenvalue weighted by atomic mass is 9.82. The summed E-state index contributed by atoms with van der Waals surface area (Å²) < 4.78 is 5.71. The fourth-order valence-corrected chi connectivity index (χ4v) is 5.13. The summed E-state index contributed by atoms with van der Waals surface area (Å²) in [7, 11) is 1.41. The van der Waals surface area contributed by atoms with Crippen LogP contribution >= 0.6 is 15.9 Å². The molecular formula is C29H25BrO2. The molecule has 0 aliphatic heterocycles. The molecule has 5 aromatic carbocycles. The third kappa shape index (κ3) is 3.18. The lowest BCUT2D eigenvalue weighted by Gasteiger charge is -2.22. The third-order valence-corrected chi connectivity index (χ3v) is 7.16. The summed E-state index contributed by atoms with van der Waals surface area (Å²) in [5, 5.41) is 7.61. The number of hydrogen-bond donors (Lipinski definition) is 0. The van der Waals surface area contributed by atoms with Crippen molar-refractivity contribution >= 4 is 54.2 Å². The van der Waals surface area contributed by atoms with Gasteiger partial charge in [0.05, 0.1) is 12.7 Å². The van der Waals surface area contributed by atoms with E-state index in [-0.39, 0.29) is 11.4 Å². The van der Waals surface area contributed by atoms with E-state index < -0.39 is 0 Å². The minimum atomic E-state index is -0.345. The lowest BCUT2D eigenvalue weighted by Crippen LogP contribution is -2.10. The molecule has 0 aliphatic rings. The van der Waals surface area contributed by atoms with Crippen molar-refractivity contribution in [2.75, 3.05) is 7.11 Å². The van der Waals surface area contributed by atoms with Gasteiger partial charge in [-0.2, -0.15) is 0 Å². The van der Waals surface area contributed by atoms with Gasteiger partial charge in [0, 0.05) is 4.47 Å². The van der Waals surface area contributed by atoms with Crippen molar-refractivity contribution in [3.63, 3.8) is 0 Å². The smallest absolute Gasteiger partial charge is 0.339 e. The first kappa shape index (κ1) is 21.0. The molecule has 0 aliphatic carbocycles. The maximum absolute atomic E-state index is 12.3. The van der Waals surface area contributed by atoms with Crippen LogP contribution in [0.3, 0.4) is 0 Å². The van der Waals surface area contributed by atoms with Crippen molar-refractivity contribution in [3.05, 3.63) is 81.8 Å². The van der Waals surface area contributed by atoms with E-state index in [9.17, 15) is 4.79 Å². The van der Waals surface area contributed by atoms with E-state index in [0.717, 1.165) is 15.6 Å². The summed E-state index contributed by atoms with van der Waals surface area (Å²) in [5.41, 5.74) is 5.32. The maximum atomic E-state index is 12.3. The van der Waals surface area contributed by atoms with Gasteiger partial charge in [0.1, 0.15) is 0 Å². The zero-order chi connectivity index (χ0) is 22.8. The van der Waals surface area contributed by atoms with Crippen LogP contribution in [0.1, 0.15) is 42.3 Å². The second-order valence-electron chi connectivity index (χ2n) is 9.58. The number of methoxy groups -OCH3 is 1. The molecule has 0 aromatic heterocycles. The molecule has 0 fully saturated rings. The number of carbonyl (C=O) groups is 1. The van der Waals surface area contributed by atoms with Crippen LogP contribution in [-0.2, 0) is 10.2 Å². The van der Waals surface area contributed by atoms with Crippen molar-refractivity contribution in [1.29, 1.82) is 0 Å². The molecular weight excluding hydrogens is 460 g/mol. The van der Waals surface area contributed by atoms with Crippen LogP contribution in [0.15, 0.2) is 65.1 Å². The quantitative estimate of drug-likeness (QED) is 0.185. The molecule has 0 bridgehead atoms. The van der Waals surface area contributed by atoms with E-state index in [1.165, 1.54) is 50.6 Å². The normalized spacial score (nSPS) is 12.2. The SMILES string of the molecule is COC(=O)c1cc(-c2cc(C)c3ccc4cc(C(C)(C)C)cc5ccc2c3c45)ccc1Br. The average molecular weight is 485 g/mol. The second-order valence-corrected chi connectivity index (χ2v) is 10.4. The predicted octanol–water partition coefficient (Wildman–Crippen LogP) is 8.41. The van der Waals surface area contributed by atoms with Gasteiger partial charge in [-0.1, -0.05) is 69.3 Å². The average Bonchev–Trinajstić information content (AvgIpc) is 2.77. The highest BCUT2D eigenvalue weighted by atomic mass is 79.9. The molecule has 0 amide bonds. The minimum absolute atomic E-state index is 0.0905. The van der Waals surface area contributed by atoms with Crippen LogP contribution in [0.4, 0.5) is 0 Å². The monoisotopic (exact) mass is 484 g/mol. The van der Waals surface area contributed by atoms with Gasteiger partial charge in [-0.05, 0) is 95.0 Å². The Morgan fingerprint density at radius 3 is 2.12 bits per heavy atom. The summed E-state index contributed by atoms with van der Waals surface area (Å²) >= 11 is 3.48. The molecule has 32 heavy (non-hydrogen) atoms. The Hall–Kier alpha value is -2.91. The molecule has 0 N–H and O–H groups in total. The summed E-state index contributed by atoms with van der Waals surface area (Å²) in [5.74, 6) is -0.345. The summed E-state index contributed by atoms with van der Waals surface area (Å²) in [4.78, 5) is 12.3. The standard InChI is InChI=1S/C29H25BrO2/c1-16-12-23(17-8-11-25(30)24(15-17)28(31)32-5)22-10-7-19-14-20(29(2,3)4)13-18-6-9-21(16)27(22)26(18)19/h6-15H,1-5H3. The number of rotatable bonds is 2. The Morgan fingerprint density at radius 2 is 1.50 bits per heavy atom. The van der Waals surface area contributed by atoms with E-state index in [1.54, 1.807) is 0 Å². The van der Waals surface area contributed by atoms with E-state index in [0.29, 0.717) is 5.56 Å². The van der Waals surface area contributed by atoms with Crippen molar-refractivity contribution in [3.8, 4) is 11.1 Å². The Balaban J connectivity index is 1.86. The van der Waals surface area contributed by atoms with Gasteiger partial charge < -0.3 is 4.74 Å². The molecule has 0 heterocycles. The number of ether oxygens (including phenoxy) is 1. The molecule has 0 saturated carbocycles. The van der Waals surface area contributed by atoms with E-state index in [4.69, 9.17) is 4.74 Å². The first-order valence-electron chi connectivity index (χ1n) is 10.8. The topological polar surface area (TPSA) is 26.3 Å². The molecule has 0 atom stereocenters. The minimum Gasteiger partial charge on any atom is -0.465 e. The number of esters is 1. The van der Waals surface area contributed by atoms with Gasteiger partial charge >= 0.3 is 5.97 Å². The number of aryl methyl sites for hydroxylation is 1. The molecule has 0 radical (unpaired) electrons. The number of benzene rings is 5. The van der Waals surface area contributed by atoms with Crippen LogP contribution in [0.25, 0.3) is 43.4 Å². The highest BCUT2D eigenvalue weighted by molar-refractivity contribution is 9.10. The highest BCUT2D eigenvalue weighted by Crippen LogP contribution is 2.42. The van der Waals surface area contributed by atoms with Crippen molar-refractivity contribution in [2.24, 2.45) is 0 Å². The van der Waals surface area contributed by atoms with Crippen LogP contribution in [0, 0.1) is 6.92 Å². The number of carbonyl (C=O) groups excluding carboxylic acids is 1. The zero-order valence-electron chi connectivity index (χ0n) is 19.0. The van der Waals surface area contributed by atoms with E-state index in [2.05, 4.69) is 92.2 Å². The Kier molecular flexibility index (Phi) is 4.79. The summed E-state index contributed by atoms with van der Waals surface area (Å²) in [6.45, 7) is 8.94. The van der Waals surface area contributed by atoms with Gasteiger partial charge in [0.25, 0.3) is 0 Å². The molecule has 3 heteroatoms. The zero-order valence-corrected chi connectivity index (χ0v) is 20.6. The lowest BCUT2D eigenvalue weighted by molar-refractivity contribution is 0.0599. The highest BCUT2D eigenvalue weighted by Gasteiger charge is 2.19. The van der Waals surface area contributed by atoms with E-state index >= 15 is 0 Å². The van der Waals surface area contributed by atoms with Gasteiger partial charge in [-0.25, -0.2) is 4.79 Å². The fraction of sp³-hybridized carbons (Fsp3) is 0.207. The van der Waals surface area contributed by atoms with Gasteiger partial charge in [-0.15, -0.1) is 0 Å². The number of halogens is 1. The van der Waals surface area contributed by atoms with Crippen molar-refractivity contribution in [1.82, 2.24) is 0 Å². The largest absolute Gasteiger partial charge is 0.465 e. The number of hydrogen-bond acceptors (Lipinski definition) is 2. The van der Waals surface area contributed by atoms with Gasteiger partial charge in [0.15, 0.2) is 0 Å². The maximum Gasteiger partial charge on any atom is 0.339 e. The molecule has 5 rings (SSSR count). The van der Waals surface area contributed by atoms with Crippen LogP contribution in [0.2, 0.25) is 0 Å². The Labute approximate surface area is 196 Å². The molecule has 0 saturated heterocycles. The third-order valence-electron chi connectivity index (χ3n) is 6.47. The fourth-order valence-electron chi connectivity index (χ4n) is 4.72. The van der Waals surface area contributed by atoms with Crippen LogP contribution < -0.4 is 0 Å². The molecule has 160 valence electrons. The molecule has 2 nitrogen and oxygen atoms in total. The Morgan fingerprint density at radius 1 is 0.844 bits per heavy atom. The second kappa shape index (κ2) is 7.31. The first-order chi connectivity index (χ1) is 15.2. The van der Waals surface area contributed by atoms with Crippen LogP contribution in [-0.4, -0.2) is 13.1 Å². The molecule has 5 aromatic rings. The van der Waals surface area contributed by atoms with Gasteiger partial charge in [-0.3, -0.25) is 0 Å². The van der Waals surface area contributed by atoms with Crippen molar-refractivity contribution in [2.45, 2.75) is 33.1 Å². The van der Waals surface area contributed by atoms with E-state index in [1.807, 2.05) is 12.1 Å². The van der Waals surface area contributed by atoms with Crippen molar-refractivity contribution < 1.29 is 9.53 Å². The van der Waals surface area contributed by atoms with Gasteiger partial charge in [0.2, 0.25) is 0 Å².